The zero-order valence-corrected chi connectivity index (χ0v) is 17.0. The van der Waals surface area contributed by atoms with Gasteiger partial charge in [-0.25, -0.2) is 4.98 Å². The quantitative estimate of drug-likeness (QED) is 0.456. The van der Waals surface area contributed by atoms with E-state index >= 15 is 0 Å². The van der Waals surface area contributed by atoms with Crippen LogP contribution < -0.4 is 0 Å². The first-order valence-electron chi connectivity index (χ1n) is 10.1. The van der Waals surface area contributed by atoms with Gasteiger partial charge in [0.2, 0.25) is 0 Å². The summed E-state index contributed by atoms with van der Waals surface area (Å²) in [6.07, 6.45) is 7.85. The van der Waals surface area contributed by atoms with Crippen molar-refractivity contribution in [3.8, 4) is 5.69 Å². The van der Waals surface area contributed by atoms with Crippen molar-refractivity contribution in [1.82, 2.24) is 19.4 Å². The molecule has 0 atom stereocenters. The molecule has 5 nitrogen and oxygen atoms in total. The van der Waals surface area contributed by atoms with Gasteiger partial charge in [-0.2, -0.15) is 0 Å². The Morgan fingerprint density at radius 1 is 0.833 bits per heavy atom. The average molecular weight is 396 g/mol. The summed E-state index contributed by atoms with van der Waals surface area (Å²) in [5.41, 5.74) is 4.81. The minimum atomic E-state index is -0.0697. The van der Waals surface area contributed by atoms with Gasteiger partial charge in [0.25, 0.3) is 5.91 Å². The zero-order valence-electron chi connectivity index (χ0n) is 17.0. The second-order valence-electron chi connectivity index (χ2n) is 7.18. The van der Waals surface area contributed by atoms with E-state index in [1.165, 1.54) is 5.56 Å². The van der Waals surface area contributed by atoms with Crippen molar-refractivity contribution in [2.24, 2.45) is 0 Å². The summed E-state index contributed by atoms with van der Waals surface area (Å²) in [6, 6.07) is 22.1. The Morgan fingerprint density at radius 2 is 1.57 bits per heavy atom. The fourth-order valence-electron chi connectivity index (χ4n) is 3.42. The van der Waals surface area contributed by atoms with Crippen molar-refractivity contribution in [2.45, 2.75) is 26.4 Å². The van der Waals surface area contributed by atoms with Gasteiger partial charge in [-0.15, -0.1) is 0 Å². The lowest BCUT2D eigenvalue weighted by atomic mass is 10.1. The molecule has 0 radical (unpaired) electrons. The molecule has 30 heavy (non-hydrogen) atoms. The Hall–Kier alpha value is -3.73. The van der Waals surface area contributed by atoms with Crippen LogP contribution in [0.1, 0.15) is 34.1 Å². The molecule has 0 aliphatic carbocycles. The van der Waals surface area contributed by atoms with Crippen molar-refractivity contribution < 1.29 is 4.79 Å². The molecule has 0 unspecified atom stereocenters. The molecule has 0 fully saturated rings. The molecule has 0 saturated carbocycles. The highest BCUT2D eigenvalue weighted by atomic mass is 16.2. The van der Waals surface area contributed by atoms with Gasteiger partial charge in [-0.05, 0) is 41.3 Å². The predicted molar refractivity (Wildman–Crippen MR) is 117 cm³/mol. The van der Waals surface area contributed by atoms with E-state index in [9.17, 15) is 4.79 Å². The third kappa shape index (κ3) is 4.46. The molecular formula is C25H24N4O. The summed E-state index contributed by atoms with van der Waals surface area (Å²) in [7, 11) is 0. The highest BCUT2D eigenvalue weighted by Crippen LogP contribution is 2.17. The maximum absolute atomic E-state index is 13.6. The number of pyridine rings is 1. The number of benzene rings is 2. The number of aryl methyl sites for hydroxylation is 1. The Morgan fingerprint density at radius 3 is 2.27 bits per heavy atom. The molecule has 0 aliphatic heterocycles. The summed E-state index contributed by atoms with van der Waals surface area (Å²) in [6.45, 7) is 3.12. The lowest BCUT2D eigenvalue weighted by molar-refractivity contribution is 0.0721. The normalized spacial score (nSPS) is 10.7. The molecule has 2 aromatic carbocycles. The Labute approximate surface area is 176 Å². The SMILES string of the molecule is CCc1ccc(CN(Cc2cccnc2)C(=O)c2cncn2-c2ccccc2)cc1. The number of carbonyl (C=O) groups excluding carboxylic acids is 1. The van der Waals surface area contributed by atoms with Crippen molar-refractivity contribution in [2.75, 3.05) is 0 Å². The van der Waals surface area contributed by atoms with Crippen LogP contribution in [0.25, 0.3) is 5.69 Å². The van der Waals surface area contributed by atoms with E-state index in [0.717, 1.165) is 23.2 Å². The van der Waals surface area contributed by atoms with E-state index in [2.05, 4.69) is 41.2 Å². The molecule has 0 bridgehead atoms. The fourth-order valence-corrected chi connectivity index (χ4v) is 3.42. The summed E-state index contributed by atoms with van der Waals surface area (Å²) in [5.74, 6) is -0.0697. The first-order chi connectivity index (χ1) is 14.7. The van der Waals surface area contributed by atoms with Crippen molar-refractivity contribution in [1.29, 1.82) is 0 Å². The van der Waals surface area contributed by atoms with Crippen LogP contribution in [0.15, 0.2) is 91.6 Å². The van der Waals surface area contributed by atoms with Crippen LogP contribution in [0.3, 0.4) is 0 Å². The first-order valence-corrected chi connectivity index (χ1v) is 10.1. The number of para-hydroxylation sites is 1. The van der Waals surface area contributed by atoms with E-state index in [1.54, 1.807) is 24.9 Å². The summed E-state index contributed by atoms with van der Waals surface area (Å²) in [5, 5.41) is 0. The third-order valence-electron chi connectivity index (χ3n) is 5.08. The molecule has 5 heteroatoms. The zero-order chi connectivity index (χ0) is 20.8. The maximum atomic E-state index is 13.6. The highest BCUT2D eigenvalue weighted by molar-refractivity contribution is 5.93. The number of amides is 1. The largest absolute Gasteiger partial charge is 0.329 e. The van der Waals surface area contributed by atoms with Crippen LogP contribution in [-0.4, -0.2) is 25.3 Å². The molecule has 0 aliphatic rings. The lowest BCUT2D eigenvalue weighted by Gasteiger charge is -2.23. The van der Waals surface area contributed by atoms with Crippen LogP contribution in [0, 0.1) is 0 Å². The number of aromatic nitrogens is 3. The van der Waals surface area contributed by atoms with Gasteiger partial charge in [0.15, 0.2) is 0 Å². The van der Waals surface area contributed by atoms with Crippen molar-refractivity contribution in [3.63, 3.8) is 0 Å². The second kappa shape index (κ2) is 9.18. The smallest absolute Gasteiger partial charge is 0.273 e. The van der Waals surface area contributed by atoms with Gasteiger partial charge in [-0.1, -0.05) is 55.5 Å². The molecule has 4 aromatic rings. The molecule has 4 rings (SSSR count). The van der Waals surface area contributed by atoms with Gasteiger partial charge in [0.05, 0.1) is 12.5 Å². The van der Waals surface area contributed by atoms with Gasteiger partial charge < -0.3 is 4.90 Å². The minimum absolute atomic E-state index is 0.0697. The number of hydrogen-bond donors (Lipinski definition) is 0. The predicted octanol–water partition coefficient (Wildman–Crippen LogP) is 4.67. The molecule has 0 saturated heterocycles. The van der Waals surface area contributed by atoms with E-state index in [-0.39, 0.29) is 5.91 Å². The molecule has 2 aromatic heterocycles. The monoisotopic (exact) mass is 396 g/mol. The summed E-state index contributed by atoms with van der Waals surface area (Å²) in [4.78, 5) is 23.9. The Bertz CT molecular complexity index is 1090. The van der Waals surface area contributed by atoms with Crippen LogP contribution >= 0.6 is 0 Å². The summed E-state index contributed by atoms with van der Waals surface area (Å²) < 4.78 is 1.83. The minimum Gasteiger partial charge on any atom is -0.329 e. The molecule has 0 N–H and O–H groups in total. The van der Waals surface area contributed by atoms with Crippen LogP contribution in [0.5, 0.6) is 0 Å². The maximum Gasteiger partial charge on any atom is 0.273 e. The molecule has 0 spiro atoms. The van der Waals surface area contributed by atoms with E-state index in [1.807, 2.05) is 51.9 Å². The average Bonchev–Trinajstić information content (AvgIpc) is 3.30. The van der Waals surface area contributed by atoms with Gasteiger partial charge in [0, 0.05) is 31.2 Å². The number of nitrogens with zero attached hydrogens (tertiary/aromatic N) is 4. The van der Waals surface area contributed by atoms with Crippen LogP contribution in [0.4, 0.5) is 0 Å². The van der Waals surface area contributed by atoms with Crippen LogP contribution in [-0.2, 0) is 19.5 Å². The number of hydrogen-bond acceptors (Lipinski definition) is 3. The van der Waals surface area contributed by atoms with Crippen molar-refractivity contribution >= 4 is 5.91 Å². The van der Waals surface area contributed by atoms with E-state index in [4.69, 9.17) is 0 Å². The van der Waals surface area contributed by atoms with Crippen LogP contribution in [0.2, 0.25) is 0 Å². The van der Waals surface area contributed by atoms with Gasteiger partial charge in [-0.3, -0.25) is 14.3 Å². The lowest BCUT2D eigenvalue weighted by Crippen LogP contribution is -2.31. The fraction of sp³-hybridized carbons (Fsp3) is 0.160. The highest BCUT2D eigenvalue weighted by Gasteiger charge is 2.21. The summed E-state index contributed by atoms with van der Waals surface area (Å²) >= 11 is 0. The topological polar surface area (TPSA) is 51.0 Å². The standard InChI is InChI=1S/C25H24N4O/c1-2-20-10-12-21(13-11-20)17-28(18-22-7-6-14-26-15-22)25(30)24-16-27-19-29(24)23-8-4-3-5-9-23/h3-16,19H,2,17-18H2,1H3. The molecule has 1 amide bonds. The third-order valence-corrected chi connectivity index (χ3v) is 5.08. The Balaban J connectivity index is 1.65. The number of rotatable bonds is 7. The van der Waals surface area contributed by atoms with Gasteiger partial charge in [0.1, 0.15) is 5.69 Å². The van der Waals surface area contributed by atoms with E-state index in [0.29, 0.717) is 18.8 Å². The first kappa shape index (κ1) is 19.6. The Kier molecular flexibility index (Phi) is 5.99. The van der Waals surface area contributed by atoms with E-state index < -0.39 is 0 Å². The second-order valence-corrected chi connectivity index (χ2v) is 7.18. The number of carbonyl (C=O) groups is 1. The van der Waals surface area contributed by atoms with Gasteiger partial charge >= 0.3 is 0 Å². The molecular weight excluding hydrogens is 372 g/mol. The molecule has 150 valence electrons. The number of imidazole rings is 1. The molecule has 2 heterocycles. The van der Waals surface area contributed by atoms with Crippen molar-refractivity contribution in [3.05, 3.63) is 114 Å².